The maximum atomic E-state index is 11.4. The Hall–Kier alpha value is -3.31. The van der Waals surface area contributed by atoms with Crippen LogP contribution in [0.3, 0.4) is 0 Å². The van der Waals surface area contributed by atoms with E-state index >= 15 is 0 Å². The number of benzene rings is 3. The number of hydrogen-bond donors (Lipinski definition) is 1. The molecule has 0 fully saturated rings. The molecular formula is C26H22BrN3O. The minimum atomic E-state index is -0.0678. The highest BCUT2D eigenvalue weighted by molar-refractivity contribution is 9.10. The fourth-order valence-electron chi connectivity index (χ4n) is 4.41. The highest BCUT2D eigenvalue weighted by Gasteiger charge is 2.16. The fourth-order valence-corrected chi connectivity index (χ4v) is 4.67. The molecule has 5 rings (SSSR count). The van der Waals surface area contributed by atoms with Gasteiger partial charge in [0.1, 0.15) is 0 Å². The average molecular weight is 472 g/mol. The third-order valence-corrected chi connectivity index (χ3v) is 6.17. The van der Waals surface area contributed by atoms with E-state index in [9.17, 15) is 4.79 Å². The molecule has 0 unspecified atom stereocenters. The minimum absolute atomic E-state index is 0.0678. The minimum Gasteiger partial charge on any atom is -0.326 e. The summed E-state index contributed by atoms with van der Waals surface area (Å²) in [6.07, 6.45) is 0. The second-order valence-electron chi connectivity index (χ2n) is 7.88. The standard InChI is InChI=1S/C26H22BrN3O/c1-16-14-19-4-13-25-24(15-17(2)29(25)22-9-5-20(27)6-10-22)26(19)30(16)23-11-7-21(8-12-23)28-18(3)31/h4-15H,1-3H3,(H,28,31). The summed E-state index contributed by atoms with van der Waals surface area (Å²) in [5.74, 6) is -0.0678. The monoisotopic (exact) mass is 471 g/mol. The van der Waals surface area contributed by atoms with Gasteiger partial charge in [-0.15, -0.1) is 0 Å². The van der Waals surface area contributed by atoms with Crippen LogP contribution in [-0.4, -0.2) is 15.0 Å². The molecule has 0 aliphatic rings. The normalized spacial score (nSPS) is 11.4. The zero-order valence-electron chi connectivity index (χ0n) is 17.6. The van der Waals surface area contributed by atoms with Gasteiger partial charge in [-0.1, -0.05) is 22.0 Å². The molecule has 0 radical (unpaired) electrons. The highest BCUT2D eigenvalue weighted by Crippen LogP contribution is 2.34. The fraction of sp³-hybridized carbons (Fsp3) is 0.115. The van der Waals surface area contributed by atoms with Crippen LogP contribution in [-0.2, 0) is 4.79 Å². The van der Waals surface area contributed by atoms with Crippen molar-refractivity contribution < 1.29 is 4.79 Å². The molecule has 31 heavy (non-hydrogen) atoms. The van der Waals surface area contributed by atoms with Crippen LogP contribution in [0.4, 0.5) is 5.69 Å². The summed E-state index contributed by atoms with van der Waals surface area (Å²) in [7, 11) is 0. The number of amides is 1. The lowest BCUT2D eigenvalue weighted by molar-refractivity contribution is -0.114. The van der Waals surface area contributed by atoms with Crippen molar-refractivity contribution in [2.24, 2.45) is 0 Å². The number of nitrogens with one attached hydrogen (secondary N) is 1. The average Bonchev–Trinajstić information content (AvgIpc) is 3.24. The Morgan fingerprint density at radius 1 is 0.806 bits per heavy atom. The molecule has 0 aliphatic carbocycles. The van der Waals surface area contributed by atoms with Gasteiger partial charge in [-0.3, -0.25) is 4.79 Å². The quantitative estimate of drug-likeness (QED) is 0.305. The molecule has 3 aromatic carbocycles. The molecule has 2 heterocycles. The van der Waals surface area contributed by atoms with Crippen LogP contribution in [0, 0.1) is 13.8 Å². The largest absolute Gasteiger partial charge is 0.326 e. The highest BCUT2D eigenvalue weighted by atomic mass is 79.9. The second-order valence-corrected chi connectivity index (χ2v) is 8.80. The molecule has 2 aromatic heterocycles. The predicted octanol–water partition coefficient (Wildman–Crippen LogP) is 6.91. The number of nitrogens with zero attached hydrogens (tertiary/aromatic N) is 2. The summed E-state index contributed by atoms with van der Waals surface area (Å²) >= 11 is 3.53. The summed E-state index contributed by atoms with van der Waals surface area (Å²) in [6, 6.07) is 25.3. The lowest BCUT2D eigenvalue weighted by Gasteiger charge is -2.12. The Bertz CT molecular complexity index is 1440. The zero-order chi connectivity index (χ0) is 21.7. The Morgan fingerprint density at radius 2 is 1.42 bits per heavy atom. The van der Waals surface area contributed by atoms with Gasteiger partial charge in [-0.2, -0.15) is 0 Å². The summed E-state index contributed by atoms with van der Waals surface area (Å²) in [5, 5.41) is 5.27. The smallest absolute Gasteiger partial charge is 0.221 e. The molecule has 1 N–H and O–H groups in total. The van der Waals surface area contributed by atoms with Crippen molar-refractivity contribution in [2.75, 3.05) is 5.32 Å². The van der Waals surface area contributed by atoms with Crippen molar-refractivity contribution >= 4 is 49.3 Å². The predicted molar refractivity (Wildman–Crippen MR) is 132 cm³/mol. The first-order chi connectivity index (χ1) is 14.9. The number of aryl methyl sites for hydroxylation is 2. The first kappa shape index (κ1) is 19.6. The van der Waals surface area contributed by atoms with Gasteiger partial charge >= 0.3 is 0 Å². The van der Waals surface area contributed by atoms with Gasteiger partial charge < -0.3 is 14.5 Å². The van der Waals surface area contributed by atoms with Crippen LogP contribution in [0.15, 0.2) is 77.3 Å². The lowest BCUT2D eigenvalue weighted by Crippen LogP contribution is -2.05. The van der Waals surface area contributed by atoms with E-state index in [4.69, 9.17) is 0 Å². The third-order valence-electron chi connectivity index (χ3n) is 5.64. The second kappa shape index (κ2) is 7.43. The van der Waals surface area contributed by atoms with E-state index in [0.717, 1.165) is 21.5 Å². The van der Waals surface area contributed by atoms with E-state index in [-0.39, 0.29) is 5.91 Å². The van der Waals surface area contributed by atoms with Gasteiger partial charge in [0.05, 0.1) is 11.0 Å². The summed E-state index contributed by atoms with van der Waals surface area (Å²) < 4.78 is 5.66. The molecule has 0 saturated heterocycles. The Labute approximate surface area is 189 Å². The first-order valence-corrected chi connectivity index (χ1v) is 11.0. The van der Waals surface area contributed by atoms with E-state index in [2.05, 4.69) is 105 Å². The molecule has 0 atom stereocenters. The summed E-state index contributed by atoms with van der Waals surface area (Å²) in [5.41, 5.74) is 7.75. The van der Waals surface area contributed by atoms with Gasteiger partial charge in [0.25, 0.3) is 0 Å². The van der Waals surface area contributed by atoms with Crippen LogP contribution in [0.1, 0.15) is 18.3 Å². The topological polar surface area (TPSA) is 39.0 Å². The van der Waals surface area contributed by atoms with Crippen LogP contribution in [0.25, 0.3) is 33.2 Å². The molecule has 0 bridgehead atoms. The number of rotatable bonds is 3. The van der Waals surface area contributed by atoms with Crippen molar-refractivity contribution in [3.63, 3.8) is 0 Å². The number of fused-ring (bicyclic) bond motifs is 3. The third kappa shape index (κ3) is 3.35. The maximum absolute atomic E-state index is 11.4. The summed E-state index contributed by atoms with van der Waals surface area (Å²) in [4.78, 5) is 11.4. The van der Waals surface area contributed by atoms with E-state index in [1.807, 2.05) is 12.1 Å². The number of anilines is 1. The van der Waals surface area contributed by atoms with E-state index < -0.39 is 0 Å². The molecular weight excluding hydrogens is 450 g/mol. The van der Waals surface area contributed by atoms with Gasteiger partial charge in [0.2, 0.25) is 5.91 Å². The number of halogens is 1. The lowest BCUT2D eigenvalue weighted by atomic mass is 10.1. The molecule has 1 amide bonds. The van der Waals surface area contributed by atoms with Crippen molar-refractivity contribution in [1.29, 1.82) is 0 Å². The van der Waals surface area contributed by atoms with Gasteiger partial charge in [-0.25, -0.2) is 0 Å². The van der Waals surface area contributed by atoms with Gasteiger partial charge in [0, 0.05) is 50.6 Å². The molecule has 4 nitrogen and oxygen atoms in total. The van der Waals surface area contributed by atoms with E-state index in [1.165, 1.54) is 40.1 Å². The number of hydrogen-bond acceptors (Lipinski definition) is 1. The van der Waals surface area contributed by atoms with Crippen molar-refractivity contribution in [3.05, 3.63) is 88.7 Å². The Morgan fingerprint density at radius 3 is 2.10 bits per heavy atom. The molecule has 5 heteroatoms. The van der Waals surface area contributed by atoms with Crippen LogP contribution < -0.4 is 5.32 Å². The van der Waals surface area contributed by atoms with E-state index in [1.54, 1.807) is 0 Å². The van der Waals surface area contributed by atoms with Crippen LogP contribution in [0.2, 0.25) is 0 Å². The van der Waals surface area contributed by atoms with Gasteiger partial charge in [-0.05, 0) is 80.6 Å². The molecule has 0 saturated carbocycles. The molecule has 5 aromatic rings. The molecule has 0 aliphatic heterocycles. The van der Waals surface area contributed by atoms with Crippen LogP contribution >= 0.6 is 15.9 Å². The number of aromatic nitrogens is 2. The number of carbonyl (C=O) groups excluding carboxylic acids is 1. The van der Waals surface area contributed by atoms with Crippen molar-refractivity contribution in [3.8, 4) is 11.4 Å². The Kier molecular flexibility index (Phi) is 4.71. The van der Waals surface area contributed by atoms with Crippen molar-refractivity contribution in [1.82, 2.24) is 9.13 Å². The van der Waals surface area contributed by atoms with Crippen molar-refractivity contribution in [2.45, 2.75) is 20.8 Å². The molecule has 0 spiro atoms. The van der Waals surface area contributed by atoms with E-state index in [0.29, 0.717) is 0 Å². The Balaban J connectivity index is 1.73. The van der Waals surface area contributed by atoms with Crippen LogP contribution in [0.5, 0.6) is 0 Å². The summed E-state index contributed by atoms with van der Waals surface area (Å²) in [6.45, 7) is 5.80. The maximum Gasteiger partial charge on any atom is 0.221 e. The zero-order valence-corrected chi connectivity index (χ0v) is 19.2. The van der Waals surface area contributed by atoms with Gasteiger partial charge in [0.15, 0.2) is 0 Å². The first-order valence-electron chi connectivity index (χ1n) is 10.2. The molecule has 154 valence electrons. The SMILES string of the molecule is CC(=O)Nc1ccc(-n2c(C)cc3ccc4c(cc(C)n4-c4ccc(Br)cc4)c32)cc1. The number of carbonyl (C=O) groups is 1.